The van der Waals surface area contributed by atoms with Gasteiger partial charge in [0.05, 0.1) is 53.2 Å². The molecule has 7 rings (SSSR count). The highest BCUT2D eigenvalue weighted by atomic mass is 16.6. The molecule has 2 saturated heterocycles. The Bertz CT molecular complexity index is 2020. The molecule has 0 spiro atoms. The van der Waals surface area contributed by atoms with Crippen LogP contribution in [0.4, 0.5) is 0 Å². The quantitative estimate of drug-likeness (QED) is 0.203. The van der Waals surface area contributed by atoms with Gasteiger partial charge in [-0.15, -0.1) is 0 Å². The highest BCUT2D eigenvalue weighted by molar-refractivity contribution is 6.31. The number of carbonyl (C=O) groups excluding carboxylic acids is 5. The SMILES string of the molecule is CO[C@@H]1[C@@H](O)[C@@H](CO)[C@@H](NC2=CC(=O)c3c(cc4c(c3O)C(=O)[C@]3(OC)[C@H](O)Cc5cc(C)c(C(=O)N6CCCC6)c(O)c5[C@]3(O)C4=O)C2=O)O[C@H]1C. The monoisotopic (exact) mass is 736 g/mol. The van der Waals surface area contributed by atoms with Gasteiger partial charge in [0.2, 0.25) is 17.3 Å². The van der Waals surface area contributed by atoms with E-state index in [1.165, 1.54) is 18.1 Å². The highest BCUT2D eigenvalue weighted by Gasteiger charge is 2.72. The molecule has 16 heteroatoms. The number of allylic oxidation sites excluding steroid dienone is 2. The predicted molar refractivity (Wildman–Crippen MR) is 180 cm³/mol. The number of amides is 1. The molecule has 0 saturated carbocycles. The van der Waals surface area contributed by atoms with E-state index in [1.807, 2.05) is 0 Å². The molecule has 2 aromatic rings. The van der Waals surface area contributed by atoms with Crippen LogP contribution in [-0.2, 0) is 26.2 Å². The number of aliphatic hydroxyl groups is 4. The molecule has 5 aliphatic rings. The molecule has 1 amide bonds. The largest absolute Gasteiger partial charge is 0.507 e. The lowest BCUT2D eigenvalue weighted by molar-refractivity contribution is -0.214. The molecule has 0 radical (unpaired) electrons. The molecule has 2 fully saturated rings. The van der Waals surface area contributed by atoms with Crippen LogP contribution in [0.2, 0.25) is 0 Å². The van der Waals surface area contributed by atoms with Gasteiger partial charge in [0.25, 0.3) is 5.91 Å². The summed E-state index contributed by atoms with van der Waals surface area (Å²) in [6, 6.07) is 2.30. The minimum absolute atomic E-state index is 0.0474. The molecule has 3 aliphatic carbocycles. The maximum Gasteiger partial charge on any atom is 0.257 e. The number of hydrogen-bond acceptors (Lipinski definition) is 15. The van der Waals surface area contributed by atoms with Crippen LogP contribution in [0.5, 0.6) is 11.5 Å². The minimum atomic E-state index is -3.20. The number of aryl methyl sites for hydroxylation is 1. The Balaban J connectivity index is 1.36. The summed E-state index contributed by atoms with van der Waals surface area (Å²) in [6.45, 7) is 3.36. The van der Waals surface area contributed by atoms with Gasteiger partial charge in [-0.1, -0.05) is 6.07 Å². The molecule has 2 aromatic carbocycles. The van der Waals surface area contributed by atoms with Gasteiger partial charge in [-0.05, 0) is 43.9 Å². The molecule has 8 atom stereocenters. The van der Waals surface area contributed by atoms with Crippen molar-refractivity contribution in [3.8, 4) is 11.5 Å². The van der Waals surface area contributed by atoms with Crippen molar-refractivity contribution >= 4 is 29.0 Å². The van der Waals surface area contributed by atoms with Crippen molar-refractivity contribution in [3.05, 3.63) is 68.4 Å². The first kappa shape index (κ1) is 36.8. The van der Waals surface area contributed by atoms with Crippen molar-refractivity contribution in [1.29, 1.82) is 0 Å². The molecule has 0 bridgehead atoms. The van der Waals surface area contributed by atoms with Gasteiger partial charge in [-0.25, -0.2) is 0 Å². The van der Waals surface area contributed by atoms with Gasteiger partial charge in [-0.2, -0.15) is 0 Å². The second kappa shape index (κ2) is 12.8. The number of hydrogen-bond donors (Lipinski definition) is 7. The first-order valence-corrected chi connectivity index (χ1v) is 17.2. The van der Waals surface area contributed by atoms with Crippen LogP contribution >= 0.6 is 0 Å². The van der Waals surface area contributed by atoms with Crippen LogP contribution in [0.15, 0.2) is 23.9 Å². The Morgan fingerprint density at radius 3 is 2.32 bits per heavy atom. The van der Waals surface area contributed by atoms with Gasteiger partial charge in [0.1, 0.15) is 23.8 Å². The fourth-order valence-electron chi connectivity index (χ4n) is 8.88. The Morgan fingerprint density at radius 1 is 1.02 bits per heavy atom. The number of methoxy groups -OCH3 is 2. The van der Waals surface area contributed by atoms with Crippen molar-refractivity contribution < 1.29 is 68.8 Å². The molecular formula is C37H40N2O14. The maximum absolute atomic E-state index is 14.8. The van der Waals surface area contributed by atoms with E-state index in [4.69, 9.17) is 14.2 Å². The van der Waals surface area contributed by atoms with E-state index in [9.17, 15) is 54.6 Å². The first-order valence-electron chi connectivity index (χ1n) is 17.2. The maximum atomic E-state index is 14.8. The first-order chi connectivity index (χ1) is 25.1. The number of aromatic hydroxyl groups is 2. The highest BCUT2D eigenvalue weighted by Crippen LogP contribution is 2.56. The number of carbonyl (C=O) groups is 5. The van der Waals surface area contributed by atoms with Gasteiger partial charge >= 0.3 is 0 Å². The lowest BCUT2D eigenvalue weighted by Gasteiger charge is -2.53. The van der Waals surface area contributed by atoms with Gasteiger partial charge in [-0.3, -0.25) is 24.0 Å². The van der Waals surface area contributed by atoms with Crippen LogP contribution < -0.4 is 5.32 Å². The third-order valence-corrected chi connectivity index (χ3v) is 11.5. The second-order valence-electron chi connectivity index (χ2n) is 14.2. The Hall–Kier alpha value is -4.55. The minimum Gasteiger partial charge on any atom is -0.507 e. The fraction of sp³-hybridized carbons (Fsp3) is 0.486. The predicted octanol–water partition coefficient (Wildman–Crippen LogP) is -0.207. The van der Waals surface area contributed by atoms with E-state index in [2.05, 4.69) is 5.32 Å². The van der Waals surface area contributed by atoms with Crippen molar-refractivity contribution in [2.24, 2.45) is 5.92 Å². The molecule has 53 heavy (non-hydrogen) atoms. The fourth-order valence-corrected chi connectivity index (χ4v) is 8.88. The number of ketones is 4. The number of ether oxygens (including phenoxy) is 3. The number of phenolic OH excluding ortho intramolecular Hbond substituents is 2. The van der Waals surface area contributed by atoms with Crippen LogP contribution in [0, 0.1) is 12.8 Å². The summed E-state index contributed by atoms with van der Waals surface area (Å²) in [4.78, 5) is 72.1. The number of rotatable bonds is 6. The summed E-state index contributed by atoms with van der Waals surface area (Å²) in [5.41, 5.74) is -9.60. The zero-order valence-electron chi connectivity index (χ0n) is 29.3. The number of phenols is 2. The lowest BCUT2D eigenvalue weighted by atomic mass is 9.56. The van der Waals surface area contributed by atoms with E-state index >= 15 is 0 Å². The Morgan fingerprint density at radius 2 is 1.70 bits per heavy atom. The lowest BCUT2D eigenvalue weighted by Crippen LogP contribution is -2.73. The number of benzene rings is 2. The number of nitrogens with zero attached hydrogens (tertiary/aromatic N) is 1. The van der Waals surface area contributed by atoms with Crippen LogP contribution in [0.1, 0.15) is 88.2 Å². The summed E-state index contributed by atoms with van der Waals surface area (Å²) in [5, 5.41) is 71.1. The average molecular weight is 737 g/mol. The number of nitrogens with one attached hydrogen (secondary N) is 1. The van der Waals surface area contributed by atoms with Crippen molar-refractivity contribution in [1.82, 2.24) is 10.2 Å². The molecular weight excluding hydrogens is 696 g/mol. The van der Waals surface area contributed by atoms with Crippen molar-refractivity contribution in [2.45, 2.75) is 75.0 Å². The Labute approximate surface area is 302 Å². The zero-order chi connectivity index (χ0) is 38.5. The summed E-state index contributed by atoms with van der Waals surface area (Å²) in [5.74, 6) is -8.06. The Kier molecular flexibility index (Phi) is 8.88. The number of Topliss-reactive ketones (excluding diaryl/α,β-unsaturated/α-hetero) is 3. The van der Waals surface area contributed by atoms with Gasteiger partial charge < -0.3 is 55.1 Å². The standard InChI is InChI=1S/C37H40N2O14/c1-14-9-16-10-22(42)37(52-4)33(48)25-18(32(47)36(37,50)26(16)30(46)23(14)35(49)39-7-5-6-8-39)11-17-24(29(25)45)21(41)12-20(27(17)43)38-34-19(13-40)28(44)31(51-3)15(2)53-34/h9,11-12,15,19,22,28,31,34,38,40,42,44-46,50H,5-8,10,13H2,1-4H3/t15-,19+,22+,28-,31-,34-,36-,37+/m0/s1. The molecule has 2 aliphatic heterocycles. The summed E-state index contributed by atoms with van der Waals surface area (Å²) >= 11 is 0. The van der Waals surface area contributed by atoms with E-state index in [0.29, 0.717) is 18.7 Å². The van der Waals surface area contributed by atoms with Crippen molar-refractivity contribution in [3.63, 3.8) is 0 Å². The molecule has 0 aromatic heterocycles. The van der Waals surface area contributed by atoms with Crippen LogP contribution in [-0.4, -0.2) is 135 Å². The van der Waals surface area contributed by atoms with E-state index in [1.54, 1.807) is 13.8 Å². The normalized spacial score (nSPS) is 32.2. The number of fused-ring (bicyclic) bond motifs is 5. The third kappa shape index (κ3) is 4.83. The van der Waals surface area contributed by atoms with Gasteiger partial charge in [0.15, 0.2) is 17.0 Å². The molecule has 7 N–H and O–H groups in total. The zero-order valence-corrected chi connectivity index (χ0v) is 29.3. The summed E-state index contributed by atoms with van der Waals surface area (Å²) in [7, 11) is 2.30. The third-order valence-electron chi connectivity index (χ3n) is 11.5. The number of likely N-dealkylation sites (tertiary alicyclic amines) is 1. The topological polar surface area (TPSA) is 250 Å². The second-order valence-corrected chi connectivity index (χ2v) is 14.2. The smallest absolute Gasteiger partial charge is 0.257 e. The summed E-state index contributed by atoms with van der Waals surface area (Å²) < 4.78 is 16.7. The average Bonchev–Trinajstić information content (AvgIpc) is 3.65. The molecule has 16 nitrogen and oxygen atoms in total. The van der Waals surface area contributed by atoms with E-state index in [-0.39, 0.29) is 11.1 Å². The summed E-state index contributed by atoms with van der Waals surface area (Å²) in [6.07, 6.45) is -4.06. The molecule has 0 unspecified atom stereocenters. The molecule has 282 valence electrons. The van der Waals surface area contributed by atoms with Crippen molar-refractivity contribution in [2.75, 3.05) is 33.9 Å². The number of aliphatic hydroxyl groups excluding tert-OH is 3. The van der Waals surface area contributed by atoms with Crippen LogP contribution in [0.3, 0.4) is 0 Å². The van der Waals surface area contributed by atoms with Crippen LogP contribution in [0.25, 0.3) is 0 Å². The van der Waals surface area contributed by atoms with E-state index < -0.39 is 135 Å². The molecule has 2 heterocycles. The van der Waals surface area contributed by atoms with Gasteiger partial charge in [0, 0.05) is 56.5 Å². The van der Waals surface area contributed by atoms with E-state index in [0.717, 1.165) is 32.1 Å².